The smallest absolute Gasteiger partial charge is 0.120 e. The lowest BCUT2D eigenvalue weighted by Crippen LogP contribution is -2.11. The highest BCUT2D eigenvalue weighted by atomic mass is 16.5. The van der Waals surface area contributed by atoms with Crippen molar-refractivity contribution in [1.82, 2.24) is 0 Å². The van der Waals surface area contributed by atoms with E-state index in [0.29, 0.717) is 0 Å². The Morgan fingerprint density at radius 2 is 1.89 bits per heavy atom. The molecule has 2 aromatic carbocycles. The highest BCUT2D eigenvalue weighted by Gasteiger charge is 2.08. The van der Waals surface area contributed by atoms with Crippen molar-refractivity contribution in [2.75, 3.05) is 24.8 Å². The molecule has 0 bridgehead atoms. The molecule has 0 fully saturated rings. The van der Waals surface area contributed by atoms with Crippen LogP contribution < -0.4 is 15.4 Å². The Morgan fingerprint density at radius 3 is 2.61 bits per heavy atom. The number of aryl methyl sites for hydroxylation is 1. The Balaban J connectivity index is 2.40. The molecule has 0 radical (unpaired) electrons. The largest absolute Gasteiger partial charge is 0.497 e. The number of anilines is 3. The molecule has 0 heterocycles. The van der Waals surface area contributed by atoms with Gasteiger partial charge in [0.1, 0.15) is 5.75 Å². The first kappa shape index (κ1) is 12.3. The average Bonchev–Trinajstić information content (AvgIpc) is 2.41. The first-order chi connectivity index (χ1) is 8.61. The van der Waals surface area contributed by atoms with E-state index >= 15 is 0 Å². The third kappa shape index (κ3) is 2.40. The number of nitrogen functional groups attached to an aromatic ring is 1. The van der Waals surface area contributed by atoms with Crippen molar-refractivity contribution in [3.8, 4) is 5.75 Å². The van der Waals surface area contributed by atoms with Crippen LogP contribution in [0.25, 0.3) is 0 Å². The van der Waals surface area contributed by atoms with Crippen molar-refractivity contribution in [2.45, 2.75) is 6.92 Å². The topological polar surface area (TPSA) is 38.5 Å². The number of ether oxygens (including phenoxy) is 1. The summed E-state index contributed by atoms with van der Waals surface area (Å²) in [5, 5.41) is 0. The van der Waals surface area contributed by atoms with E-state index in [4.69, 9.17) is 10.5 Å². The minimum Gasteiger partial charge on any atom is -0.497 e. The number of hydrogen-bond acceptors (Lipinski definition) is 3. The van der Waals surface area contributed by atoms with Crippen molar-refractivity contribution in [3.05, 3.63) is 48.0 Å². The second-order valence-corrected chi connectivity index (χ2v) is 4.32. The fourth-order valence-electron chi connectivity index (χ4n) is 1.90. The molecule has 0 aliphatic rings. The molecule has 3 nitrogen and oxygen atoms in total. The van der Waals surface area contributed by atoms with E-state index in [0.717, 1.165) is 22.8 Å². The Morgan fingerprint density at radius 1 is 1.11 bits per heavy atom. The van der Waals surface area contributed by atoms with Gasteiger partial charge in [-0.3, -0.25) is 0 Å². The van der Waals surface area contributed by atoms with Crippen molar-refractivity contribution < 1.29 is 4.74 Å². The van der Waals surface area contributed by atoms with Crippen molar-refractivity contribution >= 4 is 17.1 Å². The van der Waals surface area contributed by atoms with Gasteiger partial charge in [0, 0.05) is 18.8 Å². The van der Waals surface area contributed by atoms with Gasteiger partial charge in [-0.1, -0.05) is 12.1 Å². The summed E-state index contributed by atoms with van der Waals surface area (Å²) in [6.07, 6.45) is 0. The first-order valence-corrected chi connectivity index (χ1v) is 5.85. The molecule has 0 aliphatic carbocycles. The Hall–Kier alpha value is -2.16. The third-order valence-corrected chi connectivity index (χ3v) is 2.99. The lowest BCUT2D eigenvalue weighted by atomic mass is 10.1. The number of benzene rings is 2. The molecule has 0 saturated heterocycles. The van der Waals surface area contributed by atoms with Crippen LogP contribution in [0.1, 0.15) is 5.56 Å². The van der Waals surface area contributed by atoms with Gasteiger partial charge in [0.2, 0.25) is 0 Å². The van der Waals surface area contributed by atoms with E-state index in [-0.39, 0.29) is 0 Å². The molecule has 0 saturated carbocycles. The van der Waals surface area contributed by atoms with Crippen LogP contribution in [0, 0.1) is 6.92 Å². The molecule has 94 valence electrons. The second kappa shape index (κ2) is 5.00. The summed E-state index contributed by atoms with van der Waals surface area (Å²) in [5.74, 6) is 0.838. The van der Waals surface area contributed by atoms with Gasteiger partial charge in [0.05, 0.1) is 18.5 Å². The molecule has 2 rings (SSSR count). The Kier molecular flexibility index (Phi) is 3.42. The standard InChI is InChI=1S/C15H18N2O/c1-11-7-8-14(16)15(9-11)17(2)12-5-4-6-13(10-12)18-3/h4-10H,16H2,1-3H3. The molecular weight excluding hydrogens is 224 g/mol. The van der Waals surface area contributed by atoms with Crippen LogP contribution in [0.2, 0.25) is 0 Å². The van der Waals surface area contributed by atoms with Gasteiger partial charge in [-0.05, 0) is 36.8 Å². The predicted octanol–water partition coefficient (Wildman–Crippen LogP) is 3.35. The van der Waals surface area contributed by atoms with E-state index in [1.165, 1.54) is 5.56 Å². The monoisotopic (exact) mass is 242 g/mol. The normalized spacial score (nSPS) is 10.2. The van der Waals surface area contributed by atoms with Crippen LogP contribution >= 0.6 is 0 Å². The van der Waals surface area contributed by atoms with Crippen molar-refractivity contribution in [1.29, 1.82) is 0 Å². The van der Waals surface area contributed by atoms with Crippen LogP contribution in [-0.4, -0.2) is 14.2 Å². The SMILES string of the molecule is COc1cccc(N(C)c2cc(C)ccc2N)c1. The maximum atomic E-state index is 6.03. The molecule has 0 spiro atoms. The van der Waals surface area contributed by atoms with Gasteiger partial charge in [-0.2, -0.15) is 0 Å². The highest BCUT2D eigenvalue weighted by Crippen LogP contribution is 2.31. The minimum atomic E-state index is 0.769. The van der Waals surface area contributed by atoms with Crippen molar-refractivity contribution in [3.63, 3.8) is 0 Å². The van der Waals surface area contributed by atoms with Crippen LogP contribution in [-0.2, 0) is 0 Å². The van der Waals surface area contributed by atoms with Gasteiger partial charge >= 0.3 is 0 Å². The van der Waals surface area contributed by atoms with Crippen LogP contribution in [0.5, 0.6) is 5.75 Å². The molecule has 0 amide bonds. The number of nitrogens with zero attached hydrogens (tertiary/aromatic N) is 1. The summed E-state index contributed by atoms with van der Waals surface area (Å²) in [7, 11) is 3.67. The Labute approximate surface area is 108 Å². The van der Waals surface area contributed by atoms with Gasteiger partial charge in [-0.25, -0.2) is 0 Å². The Bertz CT molecular complexity index is 552. The van der Waals surface area contributed by atoms with E-state index in [1.807, 2.05) is 43.4 Å². The van der Waals surface area contributed by atoms with Crippen LogP contribution in [0.3, 0.4) is 0 Å². The number of nitrogens with two attached hydrogens (primary N) is 1. The van der Waals surface area contributed by atoms with Gasteiger partial charge in [-0.15, -0.1) is 0 Å². The summed E-state index contributed by atoms with van der Waals surface area (Å²) in [6, 6.07) is 13.9. The van der Waals surface area contributed by atoms with Crippen LogP contribution in [0.15, 0.2) is 42.5 Å². The zero-order valence-corrected chi connectivity index (χ0v) is 11.0. The maximum absolute atomic E-state index is 6.03. The molecular formula is C15H18N2O. The fraction of sp³-hybridized carbons (Fsp3) is 0.200. The second-order valence-electron chi connectivity index (χ2n) is 4.32. The fourth-order valence-corrected chi connectivity index (χ4v) is 1.90. The molecule has 0 unspecified atom stereocenters. The summed E-state index contributed by atoms with van der Waals surface area (Å²) < 4.78 is 5.24. The van der Waals surface area contributed by atoms with E-state index < -0.39 is 0 Å². The van der Waals surface area contributed by atoms with E-state index in [2.05, 4.69) is 17.9 Å². The van der Waals surface area contributed by atoms with Crippen molar-refractivity contribution in [2.24, 2.45) is 0 Å². The lowest BCUT2D eigenvalue weighted by molar-refractivity contribution is 0.415. The molecule has 2 N–H and O–H groups in total. The average molecular weight is 242 g/mol. The molecule has 3 heteroatoms. The highest BCUT2D eigenvalue weighted by molar-refractivity contribution is 5.75. The minimum absolute atomic E-state index is 0.769. The maximum Gasteiger partial charge on any atom is 0.120 e. The summed E-state index contributed by atoms with van der Waals surface area (Å²) in [6.45, 7) is 2.06. The molecule has 18 heavy (non-hydrogen) atoms. The number of hydrogen-bond donors (Lipinski definition) is 1. The van der Waals surface area contributed by atoms with E-state index in [9.17, 15) is 0 Å². The molecule has 0 aromatic heterocycles. The zero-order valence-electron chi connectivity index (χ0n) is 11.0. The predicted molar refractivity (Wildman–Crippen MR) is 76.6 cm³/mol. The lowest BCUT2D eigenvalue weighted by Gasteiger charge is -2.22. The number of methoxy groups -OCH3 is 1. The third-order valence-electron chi connectivity index (χ3n) is 2.99. The summed E-state index contributed by atoms with van der Waals surface area (Å²) >= 11 is 0. The van der Waals surface area contributed by atoms with Gasteiger partial charge < -0.3 is 15.4 Å². The summed E-state index contributed by atoms with van der Waals surface area (Å²) in [4.78, 5) is 2.06. The molecule has 0 atom stereocenters. The van der Waals surface area contributed by atoms with Gasteiger partial charge in [0.25, 0.3) is 0 Å². The number of rotatable bonds is 3. The first-order valence-electron chi connectivity index (χ1n) is 5.85. The van der Waals surface area contributed by atoms with E-state index in [1.54, 1.807) is 7.11 Å². The summed E-state index contributed by atoms with van der Waals surface area (Å²) in [5.41, 5.74) is 10.0. The van der Waals surface area contributed by atoms with Crippen LogP contribution in [0.4, 0.5) is 17.1 Å². The quantitative estimate of drug-likeness (QED) is 0.839. The molecule has 2 aromatic rings. The molecule has 0 aliphatic heterocycles. The zero-order chi connectivity index (χ0) is 13.1. The van der Waals surface area contributed by atoms with Gasteiger partial charge in [0.15, 0.2) is 0 Å².